The average Bonchev–Trinajstić information content (AvgIpc) is 2.30. The molecule has 0 bridgehead atoms. The summed E-state index contributed by atoms with van der Waals surface area (Å²) in [6, 6.07) is 3.06. The Morgan fingerprint density at radius 1 is 1.42 bits per heavy atom. The van der Waals surface area contributed by atoms with Gasteiger partial charge in [-0.1, -0.05) is 11.6 Å². The van der Waals surface area contributed by atoms with Crippen molar-refractivity contribution in [2.24, 2.45) is 0 Å². The van der Waals surface area contributed by atoms with Crippen LogP contribution in [0, 0.1) is 0 Å². The molecule has 68 valence electrons. The lowest BCUT2D eigenvalue weighted by Gasteiger charge is -2.06. The van der Waals surface area contributed by atoms with Gasteiger partial charge in [0.1, 0.15) is 6.54 Å². The second kappa shape index (κ2) is 3.53. The number of thiophene rings is 1. The van der Waals surface area contributed by atoms with Crippen LogP contribution in [0.2, 0.25) is 4.34 Å². The summed E-state index contributed by atoms with van der Waals surface area (Å²) >= 11 is 6.59. The van der Waals surface area contributed by atoms with Gasteiger partial charge >= 0.3 is 6.18 Å². The molecule has 0 aromatic carbocycles. The minimum atomic E-state index is -4.18. The fourth-order valence-electron chi connectivity index (χ4n) is 0.597. The number of hydrogen-bond donors (Lipinski definition) is 1. The first kappa shape index (κ1) is 9.67. The third-order valence-electron chi connectivity index (χ3n) is 1.04. The van der Waals surface area contributed by atoms with E-state index in [2.05, 4.69) is 5.32 Å². The topological polar surface area (TPSA) is 12.0 Å². The zero-order valence-electron chi connectivity index (χ0n) is 5.78. The molecule has 1 aromatic heterocycles. The highest BCUT2D eigenvalue weighted by Gasteiger charge is 2.26. The first-order valence-corrected chi connectivity index (χ1v) is 4.23. The van der Waals surface area contributed by atoms with Crippen molar-refractivity contribution in [1.82, 2.24) is 0 Å². The van der Waals surface area contributed by atoms with E-state index in [1.807, 2.05) is 0 Å². The molecule has 0 atom stereocenters. The van der Waals surface area contributed by atoms with Gasteiger partial charge in [0.25, 0.3) is 0 Å². The lowest BCUT2D eigenvalue weighted by Crippen LogP contribution is -2.20. The summed E-state index contributed by atoms with van der Waals surface area (Å²) in [7, 11) is 0. The van der Waals surface area contributed by atoms with Crippen LogP contribution in [0.5, 0.6) is 0 Å². The smallest absolute Gasteiger partial charge is 0.368 e. The number of halogens is 4. The highest BCUT2D eigenvalue weighted by atomic mass is 35.5. The van der Waals surface area contributed by atoms with Crippen LogP contribution in [-0.4, -0.2) is 12.7 Å². The number of rotatable bonds is 2. The quantitative estimate of drug-likeness (QED) is 0.798. The van der Waals surface area contributed by atoms with Crippen LogP contribution >= 0.6 is 22.9 Å². The molecule has 12 heavy (non-hydrogen) atoms. The maximum atomic E-state index is 11.7. The normalized spacial score (nSPS) is 11.7. The van der Waals surface area contributed by atoms with E-state index in [0.717, 1.165) is 11.3 Å². The summed E-state index contributed by atoms with van der Waals surface area (Å²) < 4.78 is 35.4. The predicted molar refractivity (Wildman–Crippen MR) is 43.9 cm³/mol. The van der Waals surface area contributed by atoms with Crippen LogP contribution in [0.1, 0.15) is 0 Å². The highest BCUT2D eigenvalue weighted by Crippen LogP contribution is 2.27. The molecule has 0 aliphatic heterocycles. The SMILES string of the molecule is FC(F)(F)CNc1ccc(Cl)s1. The number of nitrogens with one attached hydrogen (secondary N) is 1. The molecule has 0 unspecified atom stereocenters. The molecular weight excluding hydrogens is 211 g/mol. The second-order valence-electron chi connectivity index (χ2n) is 2.07. The molecule has 0 aliphatic rings. The molecule has 1 aromatic rings. The minimum Gasteiger partial charge on any atom is -0.368 e. The van der Waals surface area contributed by atoms with Gasteiger partial charge in [0.15, 0.2) is 0 Å². The molecule has 1 rings (SSSR count). The van der Waals surface area contributed by atoms with Gasteiger partial charge in [-0.15, -0.1) is 11.3 Å². The van der Waals surface area contributed by atoms with Gasteiger partial charge in [-0.2, -0.15) is 13.2 Å². The van der Waals surface area contributed by atoms with Crippen molar-refractivity contribution < 1.29 is 13.2 Å². The Bertz CT molecular complexity index is 258. The van der Waals surface area contributed by atoms with Crippen molar-refractivity contribution in [3.05, 3.63) is 16.5 Å². The maximum absolute atomic E-state index is 11.7. The number of anilines is 1. The molecule has 0 spiro atoms. The van der Waals surface area contributed by atoms with Crippen LogP contribution in [-0.2, 0) is 0 Å². The van der Waals surface area contributed by atoms with E-state index >= 15 is 0 Å². The summed E-state index contributed by atoms with van der Waals surface area (Å²) in [4.78, 5) is 0. The Labute approximate surface area is 76.2 Å². The fraction of sp³-hybridized carbons (Fsp3) is 0.333. The van der Waals surface area contributed by atoms with E-state index in [9.17, 15) is 13.2 Å². The van der Waals surface area contributed by atoms with Crippen molar-refractivity contribution in [2.45, 2.75) is 6.18 Å². The first-order valence-electron chi connectivity index (χ1n) is 3.03. The maximum Gasteiger partial charge on any atom is 0.405 e. The van der Waals surface area contributed by atoms with E-state index in [1.54, 1.807) is 6.07 Å². The van der Waals surface area contributed by atoms with Gasteiger partial charge in [-0.05, 0) is 12.1 Å². The Hall–Kier alpha value is -0.420. The number of alkyl halides is 3. The van der Waals surface area contributed by atoms with E-state index in [0.29, 0.717) is 9.34 Å². The van der Waals surface area contributed by atoms with Gasteiger partial charge in [-0.3, -0.25) is 0 Å². The molecule has 1 heterocycles. The van der Waals surface area contributed by atoms with Crippen LogP contribution in [0.25, 0.3) is 0 Å². The summed E-state index contributed by atoms with van der Waals surface area (Å²) in [5.74, 6) is 0. The summed E-state index contributed by atoms with van der Waals surface area (Å²) in [6.45, 7) is -1.02. The van der Waals surface area contributed by atoms with Gasteiger partial charge in [0, 0.05) is 0 Å². The van der Waals surface area contributed by atoms with Crippen molar-refractivity contribution in [3.63, 3.8) is 0 Å². The molecule has 0 amide bonds. The standard InChI is InChI=1S/C6H5ClF3NS/c7-4-1-2-5(12-4)11-3-6(8,9)10/h1-2,11H,3H2. The van der Waals surface area contributed by atoms with Crippen LogP contribution < -0.4 is 5.32 Å². The van der Waals surface area contributed by atoms with Crippen molar-refractivity contribution in [2.75, 3.05) is 11.9 Å². The molecule has 0 saturated carbocycles. The molecule has 0 saturated heterocycles. The van der Waals surface area contributed by atoms with E-state index in [-0.39, 0.29) is 0 Å². The molecule has 0 aliphatic carbocycles. The predicted octanol–water partition coefficient (Wildman–Crippen LogP) is 3.38. The zero-order valence-corrected chi connectivity index (χ0v) is 7.35. The summed E-state index contributed by atoms with van der Waals surface area (Å²) in [5.41, 5.74) is 0. The molecule has 1 N–H and O–H groups in total. The molecule has 6 heteroatoms. The zero-order chi connectivity index (χ0) is 9.19. The molecule has 0 fully saturated rings. The first-order chi connectivity index (χ1) is 5.47. The van der Waals surface area contributed by atoms with Gasteiger partial charge in [0.05, 0.1) is 9.34 Å². The van der Waals surface area contributed by atoms with Gasteiger partial charge < -0.3 is 5.32 Å². The Balaban J connectivity index is 2.44. The van der Waals surface area contributed by atoms with Gasteiger partial charge in [0.2, 0.25) is 0 Å². The van der Waals surface area contributed by atoms with Crippen molar-refractivity contribution >= 4 is 27.9 Å². The van der Waals surface area contributed by atoms with Gasteiger partial charge in [-0.25, -0.2) is 0 Å². The highest BCUT2D eigenvalue weighted by molar-refractivity contribution is 7.19. The van der Waals surface area contributed by atoms with E-state index in [1.165, 1.54) is 6.07 Å². The minimum absolute atomic E-state index is 0.428. The third-order valence-corrected chi connectivity index (χ3v) is 2.23. The average molecular weight is 216 g/mol. The van der Waals surface area contributed by atoms with E-state index in [4.69, 9.17) is 11.6 Å². The Kier molecular flexibility index (Phi) is 2.85. The van der Waals surface area contributed by atoms with Crippen LogP contribution in [0.4, 0.5) is 18.2 Å². The fourth-order valence-corrected chi connectivity index (χ4v) is 1.54. The van der Waals surface area contributed by atoms with Crippen LogP contribution in [0.3, 0.4) is 0 Å². The van der Waals surface area contributed by atoms with E-state index < -0.39 is 12.7 Å². The second-order valence-corrected chi connectivity index (χ2v) is 3.79. The lowest BCUT2D eigenvalue weighted by molar-refractivity contribution is -0.115. The lowest BCUT2D eigenvalue weighted by atomic mass is 10.6. The molecule has 0 radical (unpaired) electrons. The monoisotopic (exact) mass is 215 g/mol. The summed E-state index contributed by atoms with van der Waals surface area (Å²) in [5, 5.41) is 2.64. The number of hydrogen-bond acceptors (Lipinski definition) is 2. The third kappa shape index (κ3) is 3.32. The molecule has 1 nitrogen and oxygen atoms in total. The molecular formula is C6H5ClF3NS. The Morgan fingerprint density at radius 2 is 2.08 bits per heavy atom. The summed E-state index contributed by atoms with van der Waals surface area (Å²) in [6.07, 6.45) is -4.18. The van der Waals surface area contributed by atoms with Crippen molar-refractivity contribution in [1.29, 1.82) is 0 Å². The largest absolute Gasteiger partial charge is 0.405 e. The Morgan fingerprint density at radius 3 is 2.50 bits per heavy atom. The van der Waals surface area contributed by atoms with Crippen molar-refractivity contribution in [3.8, 4) is 0 Å². The van der Waals surface area contributed by atoms with Crippen LogP contribution in [0.15, 0.2) is 12.1 Å².